The van der Waals surface area contributed by atoms with Crippen molar-refractivity contribution in [2.75, 3.05) is 11.4 Å². The molecule has 0 aliphatic heterocycles. The Morgan fingerprint density at radius 1 is 0.920 bits per heavy atom. The van der Waals surface area contributed by atoms with Gasteiger partial charge < -0.3 is 9.64 Å². The van der Waals surface area contributed by atoms with Gasteiger partial charge in [-0.15, -0.1) is 0 Å². The molecule has 0 radical (unpaired) electrons. The Bertz CT molecular complexity index is 854. The molecule has 124 valence electrons. The van der Waals surface area contributed by atoms with Gasteiger partial charge in [0, 0.05) is 12.2 Å². The molecule has 0 aliphatic carbocycles. The molecule has 3 heteroatoms. The summed E-state index contributed by atoms with van der Waals surface area (Å²) in [5.41, 5.74) is 3.71. The van der Waals surface area contributed by atoms with Crippen LogP contribution in [0.25, 0.3) is 0 Å². The number of rotatable bonds is 6. The van der Waals surface area contributed by atoms with Gasteiger partial charge in [-0.05, 0) is 42.8 Å². The standard InChI is InChI=1S/C22H20N2O/c1-2-24(20-11-7-4-8-12-20)21-15-19(16-23)13-14-22(21)25-17-18-9-5-3-6-10-18/h3-15H,2,17H2,1H3. The number of nitrogens with zero attached hydrogens (tertiary/aromatic N) is 2. The second-order valence-corrected chi connectivity index (χ2v) is 5.65. The number of nitriles is 1. The van der Waals surface area contributed by atoms with E-state index in [0.29, 0.717) is 12.2 Å². The first kappa shape index (κ1) is 16.6. The molecule has 0 amide bonds. The molecular formula is C22H20N2O. The quantitative estimate of drug-likeness (QED) is 0.616. The molecule has 0 aliphatic rings. The van der Waals surface area contributed by atoms with Crippen molar-refractivity contribution in [1.29, 1.82) is 5.26 Å². The molecule has 3 aromatic carbocycles. The van der Waals surface area contributed by atoms with Crippen LogP contribution in [0.5, 0.6) is 5.75 Å². The minimum atomic E-state index is 0.492. The highest BCUT2D eigenvalue weighted by Gasteiger charge is 2.14. The van der Waals surface area contributed by atoms with Crippen LogP contribution >= 0.6 is 0 Å². The van der Waals surface area contributed by atoms with Crippen molar-refractivity contribution in [2.24, 2.45) is 0 Å². The third-order valence-corrected chi connectivity index (χ3v) is 4.00. The summed E-state index contributed by atoms with van der Waals surface area (Å²) in [6, 6.07) is 28.0. The fourth-order valence-corrected chi connectivity index (χ4v) is 2.76. The molecule has 0 aromatic heterocycles. The van der Waals surface area contributed by atoms with Crippen LogP contribution < -0.4 is 9.64 Å². The Balaban J connectivity index is 1.94. The summed E-state index contributed by atoms with van der Waals surface area (Å²) in [4.78, 5) is 2.15. The highest BCUT2D eigenvalue weighted by molar-refractivity contribution is 5.70. The zero-order chi connectivity index (χ0) is 17.5. The van der Waals surface area contributed by atoms with E-state index in [1.807, 2.05) is 60.7 Å². The molecule has 0 fully saturated rings. The summed E-state index contributed by atoms with van der Waals surface area (Å²) in [5.74, 6) is 0.772. The molecule has 0 spiro atoms. The van der Waals surface area contributed by atoms with Crippen molar-refractivity contribution < 1.29 is 4.74 Å². The maximum absolute atomic E-state index is 9.28. The average Bonchev–Trinajstić information content (AvgIpc) is 2.69. The van der Waals surface area contributed by atoms with Crippen molar-refractivity contribution >= 4 is 11.4 Å². The van der Waals surface area contributed by atoms with Gasteiger partial charge in [-0.2, -0.15) is 5.26 Å². The largest absolute Gasteiger partial charge is 0.487 e. The fraction of sp³-hybridized carbons (Fsp3) is 0.136. The maximum atomic E-state index is 9.28. The minimum absolute atomic E-state index is 0.492. The lowest BCUT2D eigenvalue weighted by Gasteiger charge is -2.26. The van der Waals surface area contributed by atoms with Gasteiger partial charge in [-0.1, -0.05) is 48.5 Å². The molecule has 3 nitrogen and oxygen atoms in total. The minimum Gasteiger partial charge on any atom is -0.487 e. The van der Waals surface area contributed by atoms with E-state index in [2.05, 4.69) is 30.0 Å². The smallest absolute Gasteiger partial charge is 0.143 e. The molecule has 0 N–H and O–H groups in total. The maximum Gasteiger partial charge on any atom is 0.143 e. The van der Waals surface area contributed by atoms with E-state index >= 15 is 0 Å². The normalized spacial score (nSPS) is 10.1. The molecule has 0 heterocycles. The van der Waals surface area contributed by atoms with Gasteiger partial charge in [0.2, 0.25) is 0 Å². The summed E-state index contributed by atoms with van der Waals surface area (Å²) in [6.07, 6.45) is 0. The highest BCUT2D eigenvalue weighted by atomic mass is 16.5. The number of ether oxygens (including phenoxy) is 1. The van der Waals surface area contributed by atoms with Gasteiger partial charge in [0.1, 0.15) is 12.4 Å². The van der Waals surface area contributed by atoms with Gasteiger partial charge in [-0.3, -0.25) is 0 Å². The van der Waals surface area contributed by atoms with Crippen LogP contribution in [0, 0.1) is 11.3 Å². The van der Waals surface area contributed by atoms with E-state index in [1.54, 1.807) is 6.07 Å². The Kier molecular flexibility index (Phi) is 5.33. The fourth-order valence-electron chi connectivity index (χ4n) is 2.76. The number of hydrogen-bond donors (Lipinski definition) is 0. The Morgan fingerprint density at radius 3 is 2.24 bits per heavy atom. The summed E-state index contributed by atoms with van der Waals surface area (Å²) < 4.78 is 6.08. The first-order valence-electron chi connectivity index (χ1n) is 8.35. The molecular weight excluding hydrogens is 308 g/mol. The molecule has 0 atom stereocenters. The predicted molar refractivity (Wildman–Crippen MR) is 101 cm³/mol. The lowest BCUT2D eigenvalue weighted by atomic mass is 10.1. The Morgan fingerprint density at radius 2 is 1.60 bits per heavy atom. The van der Waals surface area contributed by atoms with Crippen LogP contribution in [0.15, 0.2) is 78.9 Å². The van der Waals surface area contributed by atoms with E-state index in [4.69, 9.17) is 4.74 Å². The van der Waals surface area contributed by atoms with Crippen molar-refractivity contribution in [1.82, 2.24) is 0 Å². The molecule has 0 bridgehead atoms. The molecule has 0 saturated carbocycles. The van der Waals surface area contributed by atoms with Crippen molar-refractivity contribution in [2.45, 2.75) is 13.5 Å². The van der Waals surface area contributed by atoms with E-state index < -0.39 is 0 Å². The van der Waals surface area contributed by atoms with Gasteiger partial charge in [0.25, 0.3) is 0 Å². The van der Waals surface area contributed by atoms with Gasteiger partial charge in [0.15, 0.2) is 0 Å². The second-order valence-electron chi connectivity index (χ2n) is 5.65. The van der Waals surface area contributed by atoms with Crippen molar-refractivity contribution in [3.8, 4) is 11.8 Å². The van der Waals surface area contributed by atoms with Crippen LogP contribution in [0.1, 0.15) is 18.1 Å². The average molecular weight is 328 g/mol. The number of hydrogen-bond acceptors (Lipinski definition) is 3. The molecule has 0 unspecified atom stereocenters. The number of benzene rings is 3. The molecule has 25 heavy (non-hydrogen) atoms. The van der Waals surface area contributed by atoms with Crippen molar-refractivity contribution in [3.05, 3.63) is 90.0 Å². The van der Waals surface area contributed by atoms with E-state index in [-0.39, 0.29) is 0 Å². The molecule has 3 aromatic rings. The van der Waals surface area contributed by atoms with Crippen LogP contribution in [0.4, 0.5) is 11.4 Å². The Hall–Kier alpha value is -3.25. The second kappa shape index (κ2) is 8.03. The number of para-hydroxylation sites is 1. The molecule has 0 saturated heterocycles. The van der Waals surface area contributed by atoms with Gasteiger partial charge in [0.05, 0.1) is 17.3 Å². The molecule has 3 rings (SSSR count). The van der Waals surface area contributed by atoms with E-state index in [0.717, 1.165) is 29.2 Å². The van der Waals surface area contributed by atoms with Crippen LogP contribution in [-0.4, -0.2) is 6.54 Å². The zero-order valence-electron chi connectivity index (χ0n) is 14.2. The van der Waals surface area contributed by atoms with Crippen LogP contribution in [-0.2, 0) is 6.61 Å². The summed E-state index contributed by atoms with van der Waals surface area (Å²) in [6.45, 7) is 3.36. The Labute approximate surface area is 148 Å². The summed E-state index contributed by atoms with van der Waals surface area (Å²) in [5, 5.41) is 9.28. The van der Waals surface area contributed by atoms with Gasteiger partial charge >= 0.3 is 0 Å². The predicted octanol–water partition coefficient (Wildman–Crippen LogP) is 5.30. The zero-order valence-corrected chi connectivity index (χ0v) is 14.2. The SMILES string of the molecule is CCN(c1ccccc1)c1cc(C#N)ccc1OCc1ccccc1. The lowest BCUT2D eigenvalue weighted by Crippen LogP contribution is -2.17. The van der Waals surface area contributed by atoms with Crippen LogP contribution in [0.3, 0.4) is 0 Å². The number of anilines is 2. The van der Waals surface area contributed by atoms with E-state index in [1.165, 1.54) is 0 Å². The third kappa shape index (κ3) is 3.99. The lowest BCUT2D eigenvalue weighted by molar-refractivity contribution is 0.307. The monoisotopic (exact) mass is 328 g/mol. The van der Waals surface area contributed by atoms with Crippen molar-refractivity contribution in [3.63, 3.8) is 0 Å². The highest BCUT2D eigenvalue weighted by Crippen LogP contribution is 2.35. The summed E-state index contributed by atoms with van der Waals surface area (Å²) >= 11 is 0. The van der Waals surface area contributed by atoms with E-state index in [9.17, 15) is 5.26 Å². The summed E-state index contributed by atoms with van der Waals surface area (Å²) in [7, 11) is 0. The topological polar surface area (TPSA) is 36.3 Å². The van der Waals surface area contributed by atoms with Crippen LogP contribution in [0.2, 0.25) is 0 Å². The first-order chi connectivity index (χ1) is 12.3. The first-order valence-corrected chi connectivity index (χ1v) is 8.35. The third-order valence-electron chi connectivity index (χ3n) is 4.00. The van der Waals surface area contributed by atoms with Gasteiger partial charge in [-0.25, -0.2) is 0 Å².